The Morgan fingerprint density at radius 1 is 1.64 bits per heavy atom. The minimum Gasteiger partial charge on any atom is -0.394 e. The molecule has 2 N–H and O–H groups in total. The number of aromatic nitrogens is 2. The van der Waals surface area contributed by atoms with Crippen molar-refractivity contribution < 1.29 is 5.11 Å². The fourth-order valence-corrected chi connectivity index (χ4v) is 1.24. The second-order valence-corrected chi connectivity index (χ2v) is 3.45. The lowest BCUT2D eigenvalue weighted by Crippen LogP contribution is -2.24. The molecule has 0 aromatic carbocycles. The molecule has 0 saturated heterocycles. The smallest absolute Gasteiger partial charge is 0.268 e. The fourth-order valence-electron chi connectivity index (χ4n) is 1.24. The van der Waals surface area contributed by atoms with Crippen LogP contribution in [0.4, 0.5) is 5.69 Å². The molecule has 2 rings (SSSR count). The van der Waals surface area contributed by atoms with Crippen LogP contribution < -0.4 is 10.9 Å². The van der Waals surface area contributed by atoms with E-state index in [1.165, 1.54) is 23.6 Å². The van der Waals surface area contributed by atoms with E-state index in [1.54, 1.807) is 6.20 Å². The van der Waals surface area contributed by atoms with Gasteiger partial charge in [0.2, 0.25) is 0 Å². The summed E-state index contributed by atoms with van der Waals surface area (Å²) >= 11 is 0. The number of anilines is 1. The Labute approximate surface area is 81.4 Å². The van der Waals surface area contributed by atoms with Crippen LogP contribution in [0.5, 0.6) is 0 Å². The number of aliphatic hydroxyl groups excluding tert-OH is 1. The van der Waals surface area contributed by atoms with Crippen LogP contribution in [0, 0.1) is 0 Å². The fraction of sp³-hybridized carbons (Fsp3) is 0.556. The van der Waals surface area contributed by atoms with E-state index in [4.69, 9.17) is 5.11 Å². The first kappa shape index (κ1) is 9.21. The summed E-state index contributed by atoms with van der Waals surface area (Å²) in [4.78, 5) is 11.4. The molecule has 1 aromatic heterocycles. The van der Waals surface area contributed by atoms with Crippen LogP contribution in [0.2, 0.25) is 0 Å². The van der Waals surface area contributed by atoms with Crippen LogP contribution >= 0.6 is 0 Å². The van der Waals surface area contributed by atoms with Crippen LogP contribution in [0.3, 0.4) is 0 Å². The Kier molecular flexibility index (Phi) is 2.49. The van der Waals surface area contributed by atoms with Crippen molar-refractivity contribution in [1.29, 1.82) is 0 Å². The molecule has 1 aromatic rings. The van der Waals surface area contributed by atoms with Crippen LogP contribution in [-0.2, 0) is 6.54 Å². The first-order valence-corrected chi connectivity index (χ1v) is 4.74. The molecule has 0 unspecified atom stereocenters. The molecule has 5 nitrogen and oxygen atoms in total. The van der Waals surface area contributed by atoms with Gasteiger partial charge < -0.3 is 10.4 Å². The SMILES string of the molecule is O=c1cc(NC2CC2)cnn1CCO. The van der Waals surface area contributed by atoms with Crippen LogP contribution in [0.15, 0.2) is 17.1 Å². The highest BCUT2D eigenvalue weighted by molar-refractivity contribution is 5.41. The number of nitrogens with one attached hydrogen (secondary N) is 1. The number of aliphatic hydroxyl groups is 1. The van der Waals surface area contributed by atoms with E-state index in [9.17, 15) is 4.79 Å². The molecule has 1 fully saturated rings. The van der Waals surface area contributed by atoms with Gasteiger partial charge in [-0.1, -0.05) is 0 Å². The molecular formula is C9H13N3O2. The molecule has 1 aliphatic carbocycles. The Hall–Kier alpha value is -1.36. The lowest BCUT2D eigenvalue weighted by atomic mass is 10.4. The van der Waals surface area contributed by atoms with Gasteiger partial charge in [0.15, 0.2) is 0 Å². The van der Waals surface area contributed by atoms with Crippen molar-refractivity contribution in [1.82, 2.24) is 9.78 Å². The average molecular weight is 195 g/mol. The topological polar surface area (TPSA) is 67.2 Å². The molecule has 1 aliphatic rings. The summed E-state index contributed by atoms with van der Waals surface area (Å²) < 4.78 is 1.25. The zero-order valence-electron chi connectivity index (χ0n) is 7.81. The molecule has 1 saturated carbocycles. The quantitative estimate of drug-likeness (QED) is 0.698. The monoisotopic (exact) mass is 195 g/mol. The molecule has 0 spiro atoms. The Bertz CT molecular complexity index is 371. The highest BCUT2D eigenvalue weighted by Crippen LogP contribution is 2.23. The van der Waals surface area contributed by atoms with Gasteiger partial charge in [-0.05, 0) is 12.8 Å². The summed E-state index contributed by atoms with van der Waals surface area (Å²) in [7, 11) is 0. The third-order valence-electron chi connectivity index (χ3n) is 2.13. The van der Waals surface area contributed by atoms with Crippen LogP contribution in [0.1, 0.15) is 12.8 Å². The second kappa shape index (κ2) is 3.79. The summed E-state index contributed by atoms with van der Waals surface area (Å²) in [6.45, 7) is 0.185. The normalized spacial score (nSPS) is 15.5. The molecule has 0 radical (unpaired) electrons. The number of hydrogen-bond donors (Lipinski definition) is 2. The first-order valence-electron chi connectivity index (χ1n) is 4.74. The van der Waals surface area contributed by atoms with E-state index in [0.29, 0.717) is 6.04 Å². The van der Waals surface area contributed by atoms with E-state index in [1.807, 2.05) is 0 Å². The highest BCUT2D eigenvalue weighted by atomic mass is 16.3. The van der Waals surface area contributed by atoms with Gasteiger partial charge in [0.1, 0.15) is 0 Å². The van der Waals surface area contributed by atoms with Crippen molar-refractivity contribution in [2.45, 2.75) is 25.4 Å². The first-order chi connectivity index (χ1) is 6.79. The Morgan fingerprint density at radius 2 is 2.43 bits per heavy atom. The van der Waals surface area contributed by atoms with Gasteiger partial charge in [-0.3, -0.25) is 4.79 Å². The van der Waals surface area contributed by atoms with Gasteiger partial charge in [0.05, 0.1) is 25.0 Å². The van der Waals surface area contributed by atoms with Gasteiger partial charge in [-0.25, -0.2) is 4.68 Å². The number of nitrogens with zero attached hydrogens (tertiary/aromatic N) is 2. The Morgan fingerprint density at radius 3 is 3.00 bits per heavy atom. The molecular weight excluding hydrogens is 182 g/mol. The summed E-state index contributed by atoms with van der Waals surface area (Å²) in [5, 5.41) is 15.8. The molecule has 0 atom stereocenters. The highest BCUT2D eigenvalue weighted by Gasteiger charge is 2.20. The minimum atomic E-state index is -0.176. The molecule has 76 valence electrons. The lowest BCUT2D eigenvalue weighted by Gasteiger charge is -2.05. The maximum Gasteiger partial charge on any atom is 0.268 e. The van der Waals surface area contributed by atoms with E-state index in [2.05, 4.69) is 10.4 Å². The standard InChI is InChI=1S/C9H13N3O2/c13-4-3-12-9(14)5-8(6-10-12)11-7-1-2-7/h5-7,11,13H,1-4H2. The van der Waals surface area contributed by atoms with Crippen molar-refractivity contribution in [3.63, 3.8) is 0 Å². The summed E-state index contributed by atoms with van der Waals surface area (Å²) in [6.07, 6.45) is 3.95. The van der Waals surface area contributed by atoms with Crippen molar-refractivity contribution in [3.8, 4) is 0 Å². The van der Waals surface area contributed by atoms with E-state index < -0.39 is 0 Å². The number of hydrogen-bond acceptors (Lipinski definition) is 4. The Balaban J connectivity index is 2.12. The molecule has 5 heteroatoms. The summed E-state index contributed by atoms with van der Waals surface area (Å²) in [5.41, 5.74) is 0.594. The molecule has 1 heterocycles. The summed E-state index contributed by atoms with van der Waals surface area (Å²) in [5.74, 6) is 0. The van der Waals surface area contributed by atoms with E-state index in [-0.39, 0.29) is 18.7 Å². The van der Waals surface area contributed by atoms with E-state index >= 15 is 0 Å². The molecule has 0 bridgehead atoms. The average Bonchev–Trinajstić information content (AvgIpc) is 2.94. The molecule has 0 aliphatic heterocycles. The number of rotatable bonds is 4. The molecule has 0 amide bonds. The minimum absolute atomic E-state index is 0.0672. The zero-order valence-corrected chi connectivity index (χ0v) is 7.81. The van der Waals surface area contributed by atoms with Crippen LogP contribution in [-0.4, -0.2) is 27.5 Å². The van der Waals surface area contributed by atoms with Gasteiger partial charge in [-0.2, -0.15) is 5.10 Å². The lowest BCUT2D eigenvalue weighted by molar-refractivity contribution is 0.266. The maximum absolute atomic E-state index is 11.4. The predicted octanol–water partition coefficient (Wildman–Crippen LogP) is -0.190. The predicted molar refractivity (Wildman–Crippen MR) is 52.2 cm³/mol. The van der Waals surface area contributed by atoms with Crippen molar-refractivity contribution in [2.24, 2.45) is 0 Å². The third-order valence-corrected chi connectivity index (χ3v) is 2.13. The van der Waals surface area contributed by atoms with E-state index in [0.717, 1.165) is 5.69 Å². The molecule has 14 heavy (non-hydrogen) atoms. The van der Waals surface area contributed by atoms with Crippen molar-refractivity contribution in [2.75, 3.05) is 11.9 Å². The van der Waals surface area contributed by atoms with Crippen LogP contribution in [0.25, 0.3) is 0 Å². The summed E-state index contributed by atoms with van der Waals surface area (Å²) in [6, 6.07) is 2.03. The van der Waals surface area contributed by atoms with Crippen molar-refractivity contribution >= 4 is 5.69 Å². The van der Waals surface area contributed by atoms with Crippen molar-refractivity contribution in [3.05, 3.63) is 22.6 Å². The van der Waals surface area contributed by atoms with Gasteiger partial charge in [-0.15, -0.1) is 0 Å². The third kappa shape index (κ3) is 2.11. The maximum atomic E-state index is 11.4. The largest absolute Gasteiger partial charge is 0.394 e. The van der Waals surface area contributed by atoms with Gasteiger partial charge in [0.25, 0.3) is 5.56 Å². The van der Waals surface area contributed by atoms with Gasteiger partial charge >= 0.3 is 0 Å². The second-order valence-electron chi connectivity index (χ2n) is 3.45. The zero-order chi connectivity index (χ0) is 9.97. The van der Waals surface area contributed by atoms with Gasteiger partial charge in [0, 0.05) is 12.1 Å².